The molecule has 0 spiro atoms. The molecule has 5 heteroatoms. The van der Waals surface area contributed by atoms with Crippen molar-refractivity contribution < 1.29 is 9.59 Å². The molecule has 0 radical (unpaired) electrons. The molecule has 0 aliphatic carbocycles. The fourth-order valence-electron chi connectivity index (χ4n) is 1.27. The molecule has 0 aliphatic heterocycles. The maximum Gasteiger partial charge on any atom is 0.251 e. The Bertz CT molecular complexity index is 552. The van der Waals surface area contributed by atoms with Gasteiger partial charge in [0, 0.05) is 16.8 Å². The van der Waals surface area contributed by atoms with E-state index in [1.807, 2.05) is 0 Å². The largest absolute Gasteiger partial charge is 0.285 e. The van der Waals surface area contributed by atoms with Gasteiger partial charge in [-0.05, 0) is 30.3 Å². The van der Waals surface area contributed by atoms with Crippen molar-refractivity contribution in [3.63, 3.8) is 0 Å². The third-order valence-electron chi connectivity index (χ3n) is 2.13. The zero-order valence-electron chi connectivity index (χ0n) is 8.63. The lowest BCUT2D eigenvalue weighted by atomic mass is 10.1. The van der Waals surface area contributed by atoms with Crippen molar-refractivity contribution >= 4 is 23.2 Å². The standard InChI is InChI=1S/C12H7ClN2O2/c13-9-3-1-8(2-4-9)11(16)12(17)10-5-6-14-7-15-10/h1-7H. The van der Waals surface area contributed by atoms with Gasteiger partial charge in [0.1, 0.15) is 12.0 Å². The minimum absolute atomic E-state index is 0.0833. The Hall–Kier alpha value is -2.07. The molecule has 1 aromatic heterocycles. The van der Waals surface area contributed by atoms with E-state index >= 15 is 0 Å². The summed E-state index contributed by atoms with van der Waals surface area (Å²) >= 11 is 5.70. The zero-order chi connectivity index (χ0) is 12.3. The van der Waals surface area contributed by atoms with Crippen molar-refractivity contribution in [2.24, 2.45) is 0 Å². The first-order valence-corrected chi connectivity index (χ1v) is 5.17. The molecular formula is C12H7ClN2O2. The number of carbonyl (C=O) groups is 2. The Morgan fingerprint density at radius 1 is 1.00 bits per heavy atom. The van der Waals surface area contributed by atoms with Gasteiger partial charge in [0.25, 0.3) is 5.78 Å². The first-order chi connectivity index (χ1) is 8.18. The van der Waals surface area contributed by atoms with Crippen LogP contribution in [0.15, 0.2) is 42.9 Å². The van der Waals surface area contributed by atoms with Crippen LogP contribution in [0.25, 0.3) is 0 Å². The van der Waals surface area contributed by atoms with Crippen LogP contribution in [0, 0.1) is 0 Å². The number of halogens is 1. The monoisotopic (exact) mass is 246 g/mol. The van der Waals surface area contributed by atoms with Crippen molar-refractivity contribution in [1.82, 2.24) is 9.97 Å². The Morgan fingerprint density at radius 2 is 1.71 bits per heavy atom. The molecule has 0 N–H and O–H groups in total. The summed E-state index contributed by atoms with van der Waals surface area (Å²) in [5.41, 5.74) is 0.373. The Balaban J connectivity index is 2.27. The average Bonchev–Trinajstić information content (AvgIpc) is 2.39. The van der Waals surface area contributed by atoms with Gasteiger partial charge in [0.15, 0.2) is 0 Å². The predicted molar refractivity (Wildman–Crippen MR) is 62.1 cm³/mol. The molecule has 2 rings (SSSR count). The van der Waals surface area contributed by atoms with Crippen LogP contribution in [0.3, 0.4) is 0 Å². The molecule has 4 nitrogen and oxygen atoms in total. The molecule has 0 aliphatic rings. The topological polar surface area (TPSA) is 59.9 Å². The molecule has 0 amide bonds. The summed E-state index contributed by atoms with van der Waals surface area (Å²) in [6.45, 7) is 0. The highest BCUT2D eigenvalue weighted by Crippen LogP contribution is 2.11. The van der Waals surface area contributed by atoms with Crippen molar-refractivity contribution in [3.05, 3.63) is 59.1 Å². The lowest BCUT2D eigenvalue weighted by molar-refractivity contribution is 0.0814. The van der Waals surface area contributed by atoms with Crippen LogP contribution in [0.2, 0.25) is 5.02 Å². The number of nitrogens with zero attached hydrogens (tertiary/aromatic N) is 2. The molecule has 2 aromatic rings. The fourth-order valence-corrected chi connectivity index (χ4v) is 1.40. The van der Waals surface area contributed by atoms with E-state index < -0.39 is 11.6 Å². The fraction of sp³-hybridized carbons (Fsp3) is 0. The smallest absolute Gasteiger partial charge is 0.251 e. The molecule has 1 heterocycles. The van der Waals surface area contributed by atoms with Gasteiger partial charge in [0.05, 0.1) is 0 Å². The summed E-state index contributed by atoms with van der Waals surface area (Å²) in [6.07, 6.45) is 2.64. The van der Waals surface area contributed by atoms with Crippen LogP contribution in [0.5, 0.6) is 0 Å². The highest BCUT2D eigenvalue weighted by molar-refractivity contribution is 6.48. The van der Waals surface area contributed by atoms with Gasteiger partial charge in [-0.3, -0.25) is 9.59 Å². The number of aromatic nitrogens is 2. The summed E-state index contributed by atoms with van der Waals surface area (Å²) in [5.74, 6) is -1.27. The number of hydrogen-bond donors (Lipinski definition) is 0. The van der Waals surface area contributed by atoms with Gasteiger partial charge >= 0.3 is 0 Å². The van der Waals surface area contributed by atoms with Crippen molar-refractivity contribution in [1.29, 1.82) is 0 Å². The average molecular weight is 247 g/mol. The van der Waals surface area contributed by atoms with E-state index in [9.17, 15) is 9.59 Å². The molecule has 0 fully saturated rings. The van der Waals surface area contributed by atoms with Crippen molar-refractivity contribution in [2.45, 2.75) is 0 Å². The van der Waals surface area contributed by atoms with Gasteiger partial charge in [-0.25, -0.2) is 9.97 Å². The molecular weight excluding hydrogens is 240 g/mol. The van der Waals surface area contributed by atoms with Crippen LogP contribution < -0.4 is 0 Å². The normalized spacial score (nSPS) is 9.94. The maximum atomic E-state index is 11.8. The van der Waals surface area contributed by atoms with Crippen LogP contribution in [0.4, 0.5) is 0 Å². The summed E-state index contributed by atoms with van der Waals surface area (Å²) in [4.78, 5) is 31.0. The number of carbonyl (C=O) groups excluding carboxylic acids is 2. The van der Waals surface area contributed by atoms with Gasteiger partial charge in [-0.1, -0.05) is 11.6 Å². The van der Waals surface area contributed by atoms with Crippen LogP contribution in [0.1, 0.15) is 20.8 Å². The van der Waals surface area contributed by atoms with E-state index in [0.29, 0.717) is 5.02 Å². The maximum absolute atomic E-state index is 11.8. The first-order valence-electron chi connectivity index (χ1n) is 4.79. The number of rotatable bonds is 3. The molecule has 0 unspecified atom stereocenters. The number of ketones is 2. The van der Waals surface area contributed by atoms with Gasteiger partial charge in [-0.15, -0.1) is 0 Å². The van der Waals surface area contributed by atoms with Gasteiger partial charge in [0.2, 0.25) is 5.78 Å². The summed E-state index contributed by atoms with van der Waals surface area (Å²) in [7, 11) is 0. The molecule has 1 aromatic carbocycles. The number of benzene rings is 1. The third kappa shape index (κ3) is 2.54. The lowest BCUT2D eigenvalue weighted by Crippen LogP contribution is -2.15. The minimum Gasteiger partial charge on any atom is -0.285 e. The first kappa shape index (κ1) is 11.4. The van der Waals surface area contributed by atoms with Crippen LogP contribution >= 0.6 is 11.6 Å². The van der Waals surface area contributed by atoms with Crippen molar-refractivity contribution in [2.75, 3.05) is 0 Å². The van der Waals surface area contributed by atoms with Crippen LogP contribution in [-0.4, -0.2) is 21.5 Å². The van der Waals surface area contributed by atoms with E-state index in [-0.39, 0.29) is 11.3 Å². The Labute approximate surface area is 102 Å². The lowest BCUT2D eigenvalue weighted by Gasteiger charge is -1.99. The van der Waals surface area contributed by atoms with E-state index in [1.165, 1.54) is 30.7 Å². The minimum atomic E-state index is -0.658. The number of Topliss-reactive ketones (excluding diaryl/α,β-unsaturated/α-hetero) is 2. The second-order valence-corrected chi connectivity index (χ2v) is 3.70. The van der Waals surface area contributed by atoms with E-state index in [0.717, 1.165) is 0 Å². The van der Waals surface area contributed by atoms with E-state index in [4.69, 9.17) is 11.6 Å². The highest BCUT2D eigenvalue weighted by Gasteiger charge is 2.18. The predicted octanol–water partition coefficient (Wildman–Crippen LogP) is 2.20. The Morgan fingerprint density at radius 3 is 2.29 bits per heavy atom. The van der Waals surface area contributed by atoms with E-state index in [1.54, 1.807) is 12.1 Å². The molecule has 0 saturated carbocycles. The third-order valence-corrected chi connectivity index (χ3v) is 2.38. The zero-order valence-corrected chi connectivity index (χ0v) is 9.39. The second-order valence-electron chi connectivity index (χ2n) is 3.26. The summed E-state index contributed by atoms with van der Waals surface area (Å²) < 4.78 is 0. The molecule has 0 atom stereocenters. The van der Waals surface area contributed by atoms with Crippen LogP contribution in [-0.2, 0) is 0 Å². The molecule has 0 saturated heterocycles. The summed E-state index contributed by atoms with van der Waals surface area (Å²) in [6, 6.07) is 7.52. The van der Waals surface area contributed by atoms with Crippen molar-refractivity contribution in [3.8, 4) is 0 Å². The van der Waals surface area contributed by atoms with E-state index in [2.05, 4.69) is 9.97 Å². The summed E-state index contributed by atoms with van der Waals surface area (Å²) in [5, 5.41) is 0.510. The quantitative estimate of drug-likeness (QED) is 0.615. The molecule has 84 valence electrons. The second kappa shape index (κ2) is 4.84. The number of hydrogen-bond acceptors (Lipinski definition) is 4. The van der Waals surface area contributed by atoms with Gasteiger partial charge < -0.3 is 0 Å². The Kier molecular flexibility index (Phi) is 3.25. The SMILES string of the molecule is O=C(C(=O)c1ccncn1)c1ccc(Cl)cc1. The molecule has 17 heavy (non-hydrogen) atoms. The van der Waals surface area contributed by atoms with Gasteiger partial charge in [-0.2, -0.15) is 0 Å². The highest BCUT2D eigenvalue weighted by atomic mass is 35.5. The molecule has 0 bridgehead atoms.